The van der Waals surface area contributed by atoms with Gasteiger partial charge in [0.2, 0.25) is 0 Å². The highest BCUT2D eigenvalue weighted by atomic mass is 16.5. The standard InChI is InChI=1S/2C24H33N5O2.C23H31N5O2/c2*1-17-11-21-22(25)26-24(31-18(2)16-30-3)27-23(21)29(13-17)15-20-8-6-7-19(12-20)14-28-9-4-5-10-28;1-2-3-12-30-23-25-21(24)20-13-19(29)16-28(22(20)26-23)15-18-9-5-4-8-17(18)14-27-10-6-7-11-27/h2*6-8,12,18H,1,4-5,9-11,13-16H2,2-3H3,(H2,25,26,27);4-5,8-9H,2-3,6-7,10-16H2,1H3,(H2,24,25,26)/t2*18-;/m10./s1. The summed E-state index contributed by atoms with van der Waals surface area (Å²) in [6, 6.07) is 27.0. The number of methoxy groups -OCH3 is 2. The Bertz CT molecular complexity index is 3310. The maximum atomic E-state index is 12.4. The Hall–Kier alpha value is -7.95. The average Bonchev–Trinajstić information content (AvgIpc) is 0.873. The summed E-state index contributed by atoms with van der Waals surface area (Å²) in [7, 11) is 3.29. The minimum Gasteiger partial charge on any atom is -0.463 e. The van der Waals surface area contributed by atoms with Gasteiger partial charge in [-0.2, -0.15) is 29.9 Å². The number of carbonyl (C=O) groups is 1. The summed E-state index contributed by atoms with van der Waals surface area (Å²) >= 11 is 0. The van der Waals surface area contributed by atoms with Gasteiger partial charge in [0.05, 0.1) is 26.4 Å². The van der Waals surface area contributed by atoms with Gasteiger partial charge in [0.15, 0.2) is 5.78 Å². The minimum absolute atomic E-state index is 0.134. The summed E-state index contributed by atoms with van der Waals surface area (Å²) in [5, 5.41) is 0. The van der Waals surface area contributed by atoms with Gasteiger partial charge in [0.25, 0.3) is 0 Å². The van der Waals surface area contributed by atoms with Gasteiger partial charge in [-0.15, -0.1) is 0 Å². The van der Waals surface area contributed by atoms with E-state index in [4.69, 9.17) is 50.9 Å². The molecule has 6 N–H and O–H groups in total. The number of anilines is 6. The quantitative estimate of drug-likeness (QED) is 0.0378. The molecule has 3 aromatic carbocycles. The first kappa shape index (κ1) is 67.0. The molecule has 3 aromatic heterocycles. The molecule has 3 fully saturated rings. The predicted molar refractivity (Wildman–Crippen MR) is 364 cm³/mol. The normalized spacial score (nSPS) is 17.3. The molecule has 21 heteroatoms. The van der Waals surface area contributed by atoms with Crippen LogP contribution in [0, 0.1) is 0 Å². The van der Waals surface area contributed by atoms with E-state index in [9.17, 15) is 4.79 Å². The van der Waals surface area contributed by atoms with Crippen LogP contribution in [0.2, 0.25) is 0 Å². The van der Waals surface area contributed by atoms with Gasteiger partial charge >= 0.3 is 18.0 Å². The molecule has 0 aliphatic carbocycles. The second kappa shape index (κ2) is 32.6. The predicted octanol–water partition coefficient (Wildman–Crippen LogP) is 9.34. The third-order valence-corrected chi connectivity index (χ3v) is 17.5. The molecule has 0 spiro atoms. The average molecular weight is 1260 g/mol. The zero-order valence-corrected chi connectivity index (χ0v) is 55.1. The van der Waals surface area contributed by atoms with E-state index in [1.54, 1.807) is 14.2 Å². The number of Topliss-reactive ketones (excluding diaryl/α,β-unsaturated/α-hetero) is 1. The van der Waals surface area contributed by atoms with Crippen LogP contribution in [-0.2, 0) is 72.8 Å². The first-order chi connectivity index (χ1) is 44.7. The lowest BCUT2D eigenvalue weighted by Crippen LogP contribution is -2.37. The highest BCUT2D eigenvalue weighted by molar-refractivity contribution is 5.91. The number of nitrogen functional groups attached to an aromatic ring is 3. The van der Waals surface area contributed by atoms with E-state index < -0.39 is 0 Å². The number of benzene rings is 3. The fraction of sp³-hybridized carbons (Fsp3) is 0.507. The van der Waals surface area contributed by atoms with Crippen LogP contribution < -0.4 is 46.1 Å². The topological polar surface area (TPSA) is 238 Å². The molecular formula is C71H97N15O6. The van der Waals surface area contributed by atoms with Gasteiger partial charge < -0.3 is 55.6 Å². The van der Waals surface area contributed by atoms with Crippen molar-refractivity contribution in [1.82, 2.24) is 44.6 Å². The van der Waals surface area contributed by atoms with Gasteiger partial charge in [-0.3, -0.25) is 19.5 Å². The lowest BCUT2D eigenvalue weighted by atomic mass is 10.0. The Kier molecular flexibility index (Phi) is 23.7. The zero-order valence-electron chi connectivity index (χ0n) is 55.1. The first-order valence-electron chi connectivity index (χ1n) is 33.1. The minimum atomic E-state index is -0.156. The summed E-state index contributed by atoms with van der Waals surface area (Å²) in [6.07, 6.45) is 11.1. The van der Waals surface area contributed by atoms with Crippen molar-refractivity contribution in [2.24, 2.45) is 0 Å². The van der Waals surface area contributed by atoms with Gasteiger partial charge in [-0.05, 0) is 131 Å². The monoisotopic (exact) mass is 1260 g/mol. The van der Waals surface area contributed by atoms with Crippen molar-refractivity contribution < 1.29 is 28.5 Å². The summed E-state index contributed by atoms with van der Waals surface area (Å²) in [4.78, 5) is 53.6. The van der Waals surface area contributed by atoms with Gasteiger partial charge in [0.1, 0.15) is 47.1 Å². The molecule has 9 heterocycles. The highest BCUT2D eigenvalue weighted by Crippen LogP contribution is 2.36. The third-order valence-electron chi connectivity index (χ3n) is 17.5. The number of carbonyl (C=O) groups excluding carboxylic acids is 1. The van der Waals surface area contributed by atoms with Crippen molar-refractivity contribution in [2.75, 3.05) is 125 Å². The molecule has 492 valence electrons. The molecule has 2 atom stereocenters. The number of rotatable bonds is 24. The van der Waals surface area contributed by atoms with Gasteiger partial charge in [0, 0.05) is 103 Å². The van der Waals surface area contributed by atoms with Crippen molar-refractivity contribution in [3.63, 3.8) is 0 Å². The van der Waals surface area contributed by atoms with Crippen LogP contribution >= 0.6 is 0 Å². The van der Waals surface area contributed by atoms with Gasteiger partial charge in [-0.1, -0.05) is 110 Å². The number of hydrogen-bond acceptors (Lipinski definition) is 21. The van der Waals surface area contributed by atoms with Crippen LogP contribution in [0.4, 0.5) is 34.9 Å². The largest absolute Gasteiger partial charge is 0.463 e. The Labute approximate surface area is 544 Å². The fourth-order valence-electron chi connectivity index (χ4n) is 13.1. The molecule has 0 radical (unpaired) electrons. The lowest BCUT2D eigenvalue weighted by Gasteiger charge is -2.32. The number of fused-ring (bicyclic) bond motifs is 3. The maximum absolute atomic E-state index is 12.4. The molecule has 0 bridgehead atoms. The summed E-state index contributed by atoms with van der Waals surface area (Å²) in [6.45, 7) is 29.9. The number of hydrogen-bond donors (Lipinski definition) is 3. The van der Waals surface area contributed by atoms with E-state index in [2.05, 4.69) is 137 Å². The van der Waals surface area contributed by atoms with Crippen LogP contribution in [0.15, 0.2) is 97.1 Å². The van der Waals surface area contributed by atoms with Crippen LogP contribution in [0.3, 0.4) is 0 Å². The second-order valence-electron chi connectivity index (χ2n) is 25.5. The van der Waals surface area contributed by atoms with Gasteiger partial charge in [-0.25, -0.2) is 0 Å². The molecule has 0 unspecified atom stereocenters. The van der Waals surface area contributed by atoms with Crippen molar-refractivity contribution in [3.05, 3.63) is 147 Å². The Morgan fingerprint density at radius 1 is 0.489 bits per heavy atom. The molecule has 0 amide bonds. The number of nitrogens with two attached hydrogens (primary N) is 3. The Morgan fingerprint density at radius 3 is 1.33 bits per heavy atom. The summed E-state index contributed by atoms with van der Waals surface area (Å²) in [5.41, 5.74) is 31.3. The maximum Gasteiger partial charge on any atom is 0.320 e. The van der Waals surface area contributed by atoms with E-state index in [1.807, 2.05) is 18.7 Å². The number of ether oxygens (including phenoxy) is 5. The zero-order chi connectivity index (χ0) is 64.5. The van der Waals surface area contributed by atoms with Crippen LogP contribution in [0.25, 0.3) is 0 Å². The molecule has 0 saturated carbocycles. The third kappa shape index (κ3) is 18.4. The van der Waals surface area contributed by atoms with Crippen molar-refractivity contribution in [2.45, 2.75) is 143 Å². The molecule has 3 saturated heterocycles. The van der Waals surface area contributed by atoms with E-state index in [0.29, 0.717) is 86.8 Å². The van der Waals surface area contributed by atoms with Crippen molar-refractivity contribution in [3.8, 4) is 18.0 Å². The smallest absolute Gasteiger partial charge is 0.320 e. The fourth-order valence-corrected chi connectivity index (χ4v) is 13.1. The van der Waals surface area contributed by atoms with Crippen LogP contribution in [0.5, 0.6) is 18.0 Å². The molecule has 92 heavy (non-hydrogen) atoms. The molecular weight excluding hydrogens is 1160 g/mol. The summed E-state index contributed by atoms with van der Waals surface area (Å²) < 4.78 is 27.7. The SMILES string of the molecule is C=C1Cc2c(N)nc(O[C@@H](C)COC)nc2N(Cc2cccc(CN3CCCC3)c2)C1.C=C1Cc2c(N)nc(O[C@H](C)COC)nc2N(Cc2cccc(CN3CCCC3)c2)C1.CCCCOc1nc(N)c2c(n1)N(Cc1ccccc1CN1CCCC1)CC(=O)C2. The van der Waals surface area contributed by atoms with E-state index in [0.717, 1.165) is 111 Å². The highest BCUT2D eigenvalue weighted by Gasteiger charge is 2.31. The van der Waals surface area contributed by atoms with Crippen LogP contribution in [0.1, 0.15) is 122 Å². The lowest BCUT2D eigenvalue weighted by molar-refractivity contribution is -0.117. The Morgan fingerprint density at radius 2 is 0.880 bits per heavy atom. The molecule has 12 rings (SSSR count). The van der Waals surface area contributed by atoms with Crippen molar-refractivity contribution in [1.29, 1.82) is 0 Å². The number of ketones is 1. The molecule has 21 nitrogen and oxygen atoms in total. The molecule has 6 aliphatic heterocycles. The second-order valence-corrected chi connectivity index (χ2v) is 25.5. The van der Waals surface area contributed by atoms with E-state index >= 15 is 0 Å². The molecule has 6 aliphatic rings. The number of aromatic nitrogens is 6. The van der Waals surface area contributed by atoms with E-state index in [1.165, 1.54) is 98.1 Å². The molecule has 6 aromatic rings. The summed E-state index contributed by atoms with van der Waals surface area (Å²) in [5.74, 6) is 3.79. The van der Waals surface area contributed by atoms with Crippen LogP contribution in [-0.4, -0.2) is 156 Å². The van der Waals surface area contributed by atoms with E-state index in [-0.39, 0.29) is 24.4 Å². The first-order valence-corrected chi connectivity index (χ1v) is 33.1. The number of likely N-dealkylation sites (tertiary alicyclic amines) is 3. The number of nitrogens with zero attached hydrogens (tertiary/aromatic N) is 12. The Balaban J connectivity index is 0.000000151. The number of unbranched alkanes of at least 4 members (excludes halogenated alkanes) is 1. The van der Waals surface area contributed by atoms with Crippen molar-refractivity contribution >= 4 is 40.7 Å².